The maximum Gasteiger partial charge on any atom is 0.231 e. The minimum Gasteiger partial charge on any atom is -0.508 e. The predicted octanol–water partition coefficient (Wildman–Crippen LogP) is 2.04. The summed E-state index contributed by atoms with van der Waals surface area (Å²) in [6, 6.07) is 5.52. The van der Waals surface area contributed by atoms with Crippen molar-refractivity contribution in [2.45, 2.75) is 31.0 Å². The highest BCUT2D eigenvalue weighted by atomic mass is 16.7. The van der Waals surface area contributed by atoms with Crippen LogP contribution in [0.2, 0.25) is 0 Å². The molecule has 0 saturated heterocycles. The topological polar surface area (TPSA) is 80.6 Å². The van der Waals surface area contributed by atoms with Gasteiger partial charge in [-0.05, 0) is 36.7 Å². The van der Waals surface area contributed by atoms with Crippen molar-refractivity contribution < 1.29 is 29.2 Å². The van der Waals surface area contributed by atoms with Gasteiger partial charge in [-0.2, -0.15) is 0 Å². The van der Waals surface area contributed by atoms with Crippen LogP contribution in [0.25, 0.3) is 0 Å². The predicted molar refractivity (Wildman–Crippen MR) is 93.5 cm³/mol. The number of phenols is 1. The van der Waals surface area contributed by atoms with E-state index in [0.29, 0.717) is 24.5 Å². The molecule has 0 bridgehead atoms. The monoisotopic (exact) mass is 369 g/mol. The standard InChI is InChI=1S/C20H19NO6/c1-21-6-11-17(13(23)5-16-20(11)27-8-26-16)18-12(22)2-9-3-14-15(25-7-24-14)4-10(9)19(18)21/h3-5,12,18-19,22-23H,2,6-8H2,1H3. The van der Waals surface area contributed by atoms with Gasteiger partial charge in [0.05, 0.1) is 6.10 Å². The van der Waals surface area contributed by atoms with Gasteiger partial charge in [0.1, 0.15) is 5.75 Å². The van der Waals surface area contributed by atoms with E-state index >= 15 is 0 Å². The minimum absolute atomic E-state index is 0.0722. The van der Waals surface area contributed by atoms with Crippen LogP contribution in [0.15, 0.2) is 18.2 Å². The first-order valence-electron chi connectivity index (χ1n) is 9.07. The molecule has 0 amide bonds. The molecule has 2 N–H and O–H groups in total. The van der Waals surface area contributed by atoms with Crippen molar-refractivity contribution in [2.24, 2.45) is 0 Å². The third-order valence-corrected chi connectivity index (χ3v) is 6.14. The molecule has 6 rings (SSSR count). The molecule has 3 unspecified atom stereocenters. The molecule has 2 aromatic rings. The van der Waals surface area contributed by atoms with Crippen molar-refractivity contribution in [1.29, 1.82) is 0 Å². The molecule has 7 heteroatoms. The summed E-state index contributed by atoms with van der Waals surface area (Å²) < 4.78 is 22.2. The largest absolute Gasteiger partial charge is 0.508 e. The van der Waals surface area contributed by atoms with Gasteiger partial charge in [-0.3, -0.25) is 4.90 Å². The number of hydrogen-bond acceptors (Lipinski definition) is 7. The number of benzene rings is 2. The first-order valence-corrected chi connectivity index (χ1v) is 9.07. The van der Waals surface area contributed by atoms with E-state index in [9.17, 15) is 10.2 Å². The summed E-state index contributed by atoms with van der Waals surface area (Å²) in [7, 11) is 2.03. The Kier molecular flexibility index (Phi) is 2.97. The molecule has 0 fully saturated rings. The second-order valence-electron chi connectivity index (χ2n) is 7.58. The SMILES string of the molecule is CN1Cc2c3c(cc(O)c2C2C(O)Cc4cc5c(cc4C21)OCO5)OCO3. The summed E-state index contributed by atoms with van der Waals surface area (Å²) in [4.78, 5) is 2.19. The quantitative estimate of drug-likeness (QED) is 0.735. The number of hydrogen-bond donors (Lipinski definition) is 2. The number of aliphatic hydroxyl groups is 1. The van der Waals surface area contributed by atoms with Crippen LogP contribution in [-0.2, 0) is 13.0 Å². The van der Waals surface area contributed by atoms with Crippen LogP contribution in [0.5, 0.6) is 28.7 Å². The number of nitrogens with zero attached hydrogens (tertiary/aromatic N) is 1. The maximum atomic E-state index is 11.1. The van der Waals surface area contributed by atoms with Gasteiger partial charge in [0.25, 0.3) is 0 Å². The number of ether oxygens (including phenoxy) is 4. The molecule has 3 aliphatic heterocycles. The Morgan fingerprint density at radius 2 is 1.74 bits per heavy atom. The normalized spacial score (nSPS) is 27.1. The van der Waals surface area contributed by atoms with E-state index in [1.165, 1.54) is 0 Å². The number of phenolic OH excluding ortho intramolecular Hbond substituents is 1. The lowest BCUT2D eigenvalue weighted by Gasteiger charge is -2.46. The van der Waals surface area contributed by atoms with Crippen LogP contribution in [0.1, 0.15) is 34.2 Å². The Hall–Kier alpha value is -2.64. The number of likely N-dealkylation sites (N-methyl/N-ethyl adjacent to an activating group) is 1. The average Bonchev–Trinajstić information content (AvgIpc) is 3.28. The highest BCUT2D eigenvalue weighted by Gasteiger charge is 2.46. The van der Waals surface area contributed by atoms with Crippen molar-refractivity contribution in [1.82, 2.24) is 4.90 Å². The number of rotatable bonds is 0. The lowest BCUT2D eigenvalue weighted by molar-refractivity contribution is 0.0577. The van der Waals surface area contributed by atoms with Crippen LogP contribution in [0, 0.1) is 0 Å². The third-order valence-electron chi connectivity index (χ3n) is 6.14. The van der Waals surface area contributed by atoms with Crippen molar-refractivity contribution >= 4 is 0 Å². The zero-order valence-electron chi connectivity index (χ0n) is 14.8. The first-order chi connectivity index (χ1) is 13.1. The second kappa shape index (κ2) is 5.21. The molecule has 0 radical (unpaired) electrons. The molecule has 0 spiro atoms. The highest BCUT2D eigenvalue weighted by Crippen LogP contribution is 2.56. The second-order valence-corrected chi connectivity index (χ2v) is 7.58. The molecule has 140 valence electrons. The Labute approximate surface area is 155 Å². The maximum absolute atomic E-state index is 11.1. The number of aliphatic hydroxyl groups excluding tert-OH is 1. The zero-order valence-corrected chi connectivity index (χ0v) is 14.8. The lowest BCUT2D eigenvalue weighted by Crippen LogP contribution is -2.43. The van der Waals surface area contributed by atoms with Gasteiger partial charge in [0.2, 0.25) is 13.6 Å². The average molecular weight is 369 g/mol. The van der Waals surface area contributed by atoms with Crippen LogP contribution in [-0.4, -0.2) is 41.9 Å². The molecule has 27 heavy (non-hydrogen) atoms. The van der Waals surface area contributed by atoms with E-state index in [0.717, 1.165) is 33.8 Å². The molecule has 3 heterocycles. The summed E-state index contributed by atoms with van der Waals surface area (Å²) in [6.07, 6.45) is -0.135. The molecular formula is C20H19NO6. The van der Waals surface area contributed by atoms with E-state index in [4.69, 9.17) is 18.9 Å². The fourth-order valence-corrected chi connectivity index (χ4v) is 5.06. The molecule has 3 atom stereocenters. The Balaban J connectivity index is 1.56. The van der Waals surface area contributed by atoms with Gasteiger partial charge in [-0.25, -0.2) is 0 Å². The zero-order chi connectivity index (χ0) is 18.3. The molecule has 2 aromatic carbocycles. The molecule has 0 saturated carbocycles. The van der Waals surface area contributed by atoms with Crippen LogP contribution in [0.4, 0.5) is 0 Å². The fraction of sp³-hybridized carbons (Fsp3) is 0.400. The summed E-state index contributed by atoms with van der Waals surface area (Å²) in [5, 5.41) is 21.8. The van der Waals surface area contributed by atoms with E-state index in [1.54, 1.807) is 6.07 Å². The fourth-order valence-electron chi connectivity index (χ4n) is 5.06. The lowest BCUT2D eigenvalue weighted by atomic mass is 9.70. The Morgan fingerprint density at radius 3 is 2.59 bits per heavy atom. The molecule has 7 nitrogen and oxygen atoms in total. The van der Waals surface area contributed by atoms with Gasteiger partial charge < -0.3 is 29.2 Å². The molecule has 1 aliphatic carbocycles. The molecule has 4 aliphatic rings. The summed E-state index contributed by atoms with van der Waals surface area (Å²) >= 11 is 0. The van der Waals surface area contributed by atoms with E-state index in [1.807, 2.05) is 19.2 Å². The van der Waals surface area contributed by atoms with Crippen molar-refractivity contribution in [3.05, 3.63) is 40.5 Å². The Morgan fingerprint density at radius 1 is 1.00 bits per heavy atom. The minimum atomic E-state index is -0.629. The molecule has 0 aromatic heterocycles. The number of aromatic hydroxyl groups is 1. The highest BCUT2D eigenvalue weighted by molar-refractivity contribution is 5.62. The van der Waals surface area contributed by atoms with Gasteiger partial charge in [0, 0.05) is 35.7 Å². The van der Waals surface area contributed by atoms with Gasteiger partial charge in [-0.1, -0.05) is 0 Å². The van der Waals surface area contributed by atoms with Crippen molar-refractivity contribution in [3.8, 4) is 28.7 Å². The smallest absolute Gasteiger partial charge is 0.231 e. The van der Waals surface area contributed by atoms with E-state index < -0.39 is 6.10 Å². The van der Waals surface area contributed by atoms with Crippen LogP contribution >= 0.6 is 0 Å². The molecular weight excluding hydrogens is 350 g/mol. The van der Waals surface area contributed by atoms with Gasteiger partial charge >= 0.3 is 0 Å². The summed E-state index contributed by atoms with van der Waals surface area (Å²) in [5.41, 5.74) is 3.83. The van der Waals surface area contributed by atoms with Gasteiger partial charge in [-0.15, -0.1) is 0 Å². The van der Waals surface area contributed by atoms with Crippen molar-refractivity contribution in [3.63, 3.8) is 0 Å². The first kappa shape index (κ1) is 15.4. The summed E-state index contributed by atoms with van der Waals surface area (Å²) in [5.74, 6) is 2.59. The third kappa shape index (κ3) is 1.98. The van der Waals surface area contributed by atoms with Gasteiger partial charge in [0.15, 0.2) is 23.0 Å². The van der Waals surface area contributed by atoms with E-state index in [-0.39, 0.29) is 31.3 Å². The summed E-state index contributed by atoms with van der Waals surface area (Å²) in [6.45, 7) is 0.965. The van der Waals surface area contributed by atoms with Crippen LogP contribution in [0.3, 0.4) is 0 Å². The number of fused-ring (bicyclic) bond motifs is 8. The van der Waals surface area contributed by atoms with Crippen LogP contribution < -0.4 is 18.9 Å². The van der Waals surface area contributed by atoms with Crippen molar-refractivity contribution in [2.75, 3.05) is 20.6 Å². The Bertz CT molecular complexity index is 974. The van der Waals surface area contributed by atoms with E-state index in [2.05, 4.69) is 4.90 Å².